The Balaban J connectivity index is 1.48. The van der Waals surface area contributed by atoms with Gasteiger partial charge in [0.15, 0.2) is 0 Å². The monoisotopic (exact) mass is 443 g/mol. The summed E-state index contributed by atoms with van der Waals surface area (Å²) in [6.45, 7) is 1.69. The zero-order valence-electron chi connectivity index (χ0n) is 15.4. The zero-order chi connectivity index (χ0) is 20.1. The molecule has 7 nitrogen and oxygen atoms in total. The predicted molar refractivity (Wildman–Crippen MR) is 110 cm³/mol. The van der Waals surface area contributed by atoms with Gasteiger partial charge in [-0.1, -0.05) is 29.8 Å². The smallest absolute Gasteiger partial charge is 0.317 e. The standard InChI is InChI=1S/C18H22ClN3O4S2/c1-26-15-5-3-2-4-14(15)8-9-20-18(23)21-10-12-22(13-11-21)28(24,25)17-7-6-16(19)27-17/h2-7H,8-13H2,1H3,(H,20,23). The Morgan fingerprint density at radius 1 is 1.18 bits per heavy atom. The lowest BCUT2D eigenvalue weighted by molar-refractivity contribution is 0.172. The van der Waals surface area contributed by atoms with E-state index in [0.717, 1.165) is 22.6 Å². The van der Waals surface area contributed by atoms with Crippen LogP contribution in [0.2, 0.25) is 4.34 Å². The zero-order valence-corrected chi connectivity index (χ0v) is 17.8. The van der Waals surface area contributed by atoms with Crippen molar-refractivity contribution in [3.63, 3.8) is 0 Å². The van der Waals surface area contributed by atoms with E-state index in [4.69, 9.17) is 16.3 Å². The number of para-hydroxylation sites is 1. The van der Waals surface area contributed by atoms with E-state index in [-0.39, 0.29) is 23.3 Å². The number of carbonyl (C=O) groups excluding carboxylic acids is 1. The van der Waals surface area contributed by atoms with E-state index in [1.165, 1.54) is 10.4 Å². The first kappa shape index (κ1) is 20.9. The van der Waals surface area contributed by atoms with Crippen LogP contribution in [0.5, 0.6) is 5.75 Å². The van der Waals surface area contributed by atoms with Crippen molar-refractivity contribution in [2.24, 2.45) is 0 Å². The molecule has 1 aromatic heterocycles. The van der Waals surface area contributed by atoms with Gasteiger partial charge in [0.1, 0.15) is 9.96 Å². The molecule has 1 aromatic carbocycles. The molecule has 28 heavy (non-hydrogen) atoms. The van der Waals surface area contributed by atoms with E-state index in [1.54, 1.807) is 18.1 Å². The highest BCUT2D eigenvalue weighted by Gasteiger charge is 2.31. The molecule has 2 aromatic rings. The van der Waals surface area contributed by atoms with Crippen molar-refractivity contribution in [1.82, 2.24) is 14.5 Å². The first-order chi connectivity index (χ1) is 13.4. The Hall–Kier alpha value is -1.81. The quantitative estimate of drug-likeness (QED) is 0.744. The summed E-state index contributed by atoms with van der Waals surface area (Å²) in [5, 5.41) is 2.89. The van der Waals surface area contributed by atoms with E-state index in [1.807, 2.05) is 24.3 Å². The number of sulfonamides is 1. The van der Waals surface area contributed by atoms with Gasteiger partial charge in [-0.3, -0.25) is 0 Å². The van der Waals surface area contributed by atoms with Gasteiger partial charge in [-0.15, -0.1) is 11.3 Å². The SMILES string of the molecule is COc1ccccc1CCNC(=O)N1CCN(S(=O)(=O)c2ccc(Cl)s2)CC1. The summed E-state index contributed by atoms with van der Waals surface area (Å²) in [6.07, 6.45) is 0.656. The van der Waals surface area contributed by atoms with Gasteiger partial charge >= 0.3 is 6.03 Å². The van der Waals surface area contributed by atoms with Crippen LogP contribution in [0.3, 0.4) is 0 Å². The second kappa shape index (κ2) is 9.13. The molecule has 0 spiro atoms. The van der Waals surface area contributed by atoms with E-state index < -0.39 is 10.0 Å². The lowest BCUT2D eigenvalue weighted by atomic mass is 10.1. The number of rotatable bonds is 6. The number of halogens is 1. The minimum Gasteiger partial charge on any atom is -0.496 e. The maximum atomic E-state index is 12.6. The van der Waals surface area contributed by atoms with Crippen molar-refractivity contribution >= 4 is 39.0 Å². The molecule has 1 aliphatic heterocycles. The third-order valence-electron chi connectivity index (χ3n) is 4.53. The van der Waals surface area contributed by atoms with Crippen LogP contribution in [-0.4, -0.2) is 63.5 Å². The molecule has 0 unspecified atom stereocenters. The van der Waals surface area contributed by atoms with Gasteiger partial charge < -0.3 is 15.0 Å². The van der Waals surface area contributed by atoms with Crippen LogP contribution < -0.4 is 10.1 Å². The third kappa shape index (κ3) is 4.78. The molecule has 2 heterocycles. The van der Waals surface area contributed by atoms with E-state index in [9.17, 15) is 13.2 Å². The number of benzene rings is 1. The van der Waals surface area contributed by atoms with Crippen molar-refractivity contribution in [2.45, 2.75) is 10.6 Å². The van der Waals surface area contributed by atoms with Gasteiger partial charge in [-0.05, 0) is 30.2 Å². The predicted octanol–water partition coefficient (Wildman–Crippen LogP) is 2.67. The van der Waals surface area contributed by atoms with Gasteiger partial charge in [-0.25, -0.2) is 13.2 Å². The van der Waals surface area contributed by atoms with Crippen molar-refractivity contribution in [3.8, 4) is 5.75 Å². The molecule has 1 fully saturated rings. The summed E-state index contributed by atoms with van der Waals surface area (Å²) in [6, 6.07) is 10.6. The number of piperazine rings is 1. The maximum Gasteiger partial charge on any atom is 0.317 e. The Bertz CT molecular complexity index is 924. The molecule has 0 atom stereocenters. The van der Waals surface area contributed by atoms with Crippen molar-refractivity contribution < 1.29 is 17.9 Å². The molecule has 1 aliphatic rings. The van der Waals surface area contributed by atoms with E-state index in [2.05, 4.69) is 5.32 Å². The first-order valence-corrected chi connectivity index (χ1v) is 11.5. The molecule has 1 saturated heterocycles. The number of thiophene rings is 1. The molecule has 0 radical (unpaired) electrons. The van der Waals surface area contributed by atoms with Crippen LogP contribution >= 0.6 is 22.9 Å². The number of nitrogens with one attached hydrogen (secondary N) is 1. The molecule has 10 heteroatoms. The Morgan fingerprint density at radius 3 is 2.54 bits per heavy atom. The fraction of sp³-hybridized carbons (Fsp3) is 0.389. The lowest BCUT2D eigenvalue weighted by Crippen LogP contribution is -2.53. The largest absolute Gasteiger partial charge is 0.496 e. The fourth-order valence-corrected chi connectivity index (χ4v) is 6.08. The molecular weight excluding hydrogens is 422 g/mol. The van der Waals surface area contributed by atoms with Crippen LogP contribution in [0.15, 0.2) is 40.6 Å². The second-order valence-electron chi connectivity index (χ2n) is 6.24. The summed E-state index contributed by atoms with van der Waals surface area (Å²) in [4.78, 5) is 14.0. The molecule has 2 amide bonds. The fourth-order valence-electron chi connectivity index (χ4n) is 3.02. The van der Waals surface area contributed by atoms with Gasteiger partial charge in [0.05, 0.1) is 11.4 Å². The highest BCUT2D eigenvalue weighted by molar-refractivity contribution is 7.91. The highest BCUT2D eigenvalue weighted by atomic mass is 35.5. The van der Waals surface area contributed by atoms with Crippen LogP contribution in [0.4, 0.5) is 4.79 Å². The topological polar surface area (TPSA) is 79.0 Å². The van der Waals surface area contributed by atoms with Crippen LogP contribution in [0.1, 0.15) is 5.56 Å². The molecule has 1 N–H and O–H groups in total. The van der Waals surface area contributed by atoms with Gasteiger partial charge in [0.2, 0.25) is 0 Å². The van der Waals surface area contributed by atoms with Crippen molar-refractivity contribution in [1.29, 1.82) is 0 Å². The minimum atomic E-state index is -3.56. The van der Waals surface area contributed by atoms with E-state index >= 15 is 0 Å². The second-order valence-corrected chi connectivity index (χ2v) is 10.1. The first-order valence-electron chi connectivity index (χ1n) is 8.82. The lowest BCUT2D eigenvalue weighted by Gasteiger charge is -2.33. The summed E-state index contributed by atoms with van der Waals surface area (Å²) in [5.74, 6) is 0.796. The molecule has 152 valence electrons. The Kier molecular flexibility index (Phi) is 6.82. The number of amides is 2. The molecule has 0 bridgehead atoms. The van der Waals surface area contributed by atoms with Crippen molar-refractivity contribution in [3.05, 3.63) is 46.3 Å². The molecule has 3 rings (SSSR count). The summed E-state index contributed by atoms with van der Waals surface area (Å²) in [7, 11) is -1.94. The number of hydrogen-bond acceptors (Lipinski definition) is 5. The summed E-state index contributed by atoms with van der Waals surface area (Å²) < 4.78 is 32.6. The summed E-state index contributed by atoms with van der Waals surface area (Å²) >= 11 is 6.89. The van der Waals surface area contributed by atoms with Crippen molar-refractivity contribution in [2.75, 3.05) is 39.8 Å². The highest BCUT2D eigenvalue weighted by Crippen LogP contribution is 2.28. The van der Waals surface area contributed by atoms with Gasteiger partial charge in [0, 0.05) is 32.7 Å². The Labute approximate surface area is 173 Å². The number of hydrogen-bond donors (Lipinski definition) is 1. The molecule has 0 aliphatic carbocycles. The van der Waals surface area contributed by atoms with Gasteiger partial charge in [0.25, 0.3) is 10.0 Å². The molecule has 0 saturated carbocycles. The number of urea groups is 1. The Morgan fingerprint density at radius 2 is 1.89 bits per heavy atom. The van der Waals surface area contributed by atoms with Crippen LogP contribution in [-0.2, 0) is 16.4 Å². The average molecular weight is 444 g/mol. The normalized spacial score (nSPS) is 15.4. The van der Waals surface area contributed by atoms with Crippen LogP contribution in [0.25, 0.3) is 0 Å². The average Bonchev–Trinajstić information content (AvgIpc) is 3.15. The van der Waals surface area contributed by atoms with Gasteiger partial charge in [-0.2, -0.15) is 4.31 Å². The maximum absolute atomic E-state index is 12.6. The number of ether oxygens (including phenoxy) is 1. The van der Waals surface area contributed by atoms with E-state index in [0.29, 0.717) is 30.4 Å². The number of nitrogens with zero attached hydrogens (tertiary/aromatic N) is 2. The number of carbonyl (C=O) groups is 1. The number of methoxy groups -OCH3 is 1. The minimum absolute atomic E-state index is 0.189. The summed E-state index contributed by atoms with van der Waals surface area (Å²) in [5.41, 5.74) is 1.02. The van der Waals surface area contributed by atoms with Crippen LogP contribution in [0, 0.1) is 0 Å². The third-order valence-corrected chi connectivity index (χ3v) is 8.13. The molecular formula is C18H22ClN3O4S2.